The van der Waals surface area contributed by atoms with Gasteiger partial charge >= 0.3 is 6.18 Å². The van der Waals surface area contributed by atoms with E-state index >= 15 is 0 Å². The molecule has 1 aromatic carbocycles. The first kappa shape index (κ1) is 17.1. The molecular weight excluding hydrogens is 289 g/mol. The second-order valence-corrected chi connectivity index (χ2v) is 5.70. The third-order valence-corrected chi connectivity index (χ3v) is 3.24. The van der Waals surface area contributed by atoms with E-state index < -0.39 is 12.7 Å². The molecule has 1 rings (SSSR count). The Morgan fingerprint density at radius 3 is 2.25 bits per heavy atom. The zero-order valence-electron chi connectivity index (χ0n) is 11.8. The van der Waals surface area contributed by atoms with Crippen molar-refractivity contribution in [2.75, 3.05) is 11.4 Å². The first-order valence-corrected chi connectivity index (χ1v) is 6.85. The van der Waals surface area contributed by atoms with E-state index in [1.807, 2.05) is 6.92 Å². The van der Waals surface area contributed by atoms with Gasteiger partial charge in [-0.2, -0.15) is 13.2 Å². The van der Waals surface area contributed by atoms with Crippen molar-refractivity contribution in [3.8, 4) is 0 Å². The van der Waals surface area contributed by atoms with Crippen LogP contribution in [-0.2, 0) is 6.42 Å². The topological polar surface area (TPSA) is 29.3 Å². The minimum absolute atomic E-state index is 0.0465. The molecule has 0 aromatic heterocycles. The molecule has 114 valence electrons. The third-order valence-electron chi connectivity index (χ3n) is 2.88. The highest BCUT2D eigenvalue weighted by molar-refractivity contribution is 6.31. The summed E-state index contributed by atoms with van der Waals surface area (Å²) < 4.78 is 37.8. The first-order chi connectivity index (χ1) is 9.10. The number of halogens is 4. The lowest BCUT2D eigenvalue weighted by Gasteiger charge is -2.30. The number of rotatable bonds is 5. The summed E-state index contributed by atoms with van der Waals surface area (Å²) in [4.78, 5) is 1.28. The number of nitrogens with two attached hydrogens (primary N) is 1. The van der Waals surface area contributed by atoms with Gasteiger partial charge in [0.1, 0.15) is 6.54 Å². The summed E-state index contributed by atoms with van der Waals surface area (Å²) in [5, 5.41) is 0.452. The monoisotopic (exact) mass is 308 g/mol. The van der Waals surface area contributed by atoms with Gasteiger partial charge in [0.2, 0.25) is 0 Å². The Kier molecular flexibility index (Phi) is 5.71. The van der Waals surface area contributed by atoms with Crippen LogP contribution < -0.4 is 10.6 Å². The summed E-state index contributed by atoms with van der Waals surface area (Å²) in [5.74, 6) is 0. The molecule has 1 aromatic rings. The summed E-state index contributed by atoms with van der Waals surface area (Å²) in [6.45, 7) is 4.30. The van der Waals surface area contributed by atoms with Gasteiger partial charge in [0, 0.05) is 22.8 Å². The summed E-state index contributed by atoms with van der Waals surface area (Å²) in [5.41, 5.74) is 7.02. The molecular formula is C14H20ClF3N2. The minimum Gasteiger partial charge on any atom is -0.360 e. The van der Waals surface area contributed by atoms with E-state index in [0.29, 0.717) is 17.1 Å². The Hall–Kier alpha value is -0.940. The smallest absolute Gasteiger partial charge is 0.360 e. The Morgan fingerprint density at radius 1 is 1.25 bits per heavy atom. The van der Waals surface area contributed by atoms with Crippen LogP contribution in [0.25, 0.3) is 0 Å². The number of nitrogens with zero attached hydrogens (tertiary/aromatic N) is 1. The highest BCUT2D eigenvalue weighted by atomic mass is 35.5. The molecule has 0 aliphatic heterocycles. The molecule has 0 aliphatic carbocycles. The molecule has 0 radical (unpaired) electrons. The summed E-state index contributed by atoms with van der Waals surface area (Å²) >= 11 is 6.13. The summed E-state index contributed by atoms with van der Waals surface area (Å²) in [6, 6.07) is 4.66. The molecule has 1 atom stereocenters. The predicted octanol–water partition coefficient (Wildman–Crippen LogP) is 4.01. The first-order valence-electron chi connectivity index (χ1n) is 6.47. The van der Waals surface area contributed by atoms with Gasteiger partial charge in [0.15, 0.2) is 0 Å². The van der Waals surface area contributed by atoms with Gasteiger partial charge in [0.05, 0.1) is 0 Å². The average molecular weight is 309 g/mol. The predicted molar refractivity (Wildman–Crippen MR) is 77.3 cm³/mol. The van der Waals surface area contributed by atoms with E-state index in [2.05, 4.69) is 0 Å². The van der Waals surface area contributed by atoms with Crippen molar-refractivity contribution in [2.45, 2.75) is 45.5 Å². The Bertz CT molecular complexity index is 445. The standard InChI is InChI=1S/C14H20ClF3N2/c1-9(2)20(8-14(16,17)18)12-5-4-11(6-10(3)19)13(15)7-12/h4-5,7,9-10H,6,8,19H2,1-3H3. The second kappa shape index (κ2) is 6.68. The van der Waals surface area contributed by atoms with Crippen LogP contribution in [0.5, 0.6) is 0 Å². The molecule has 6 heteroatoms. The van der Waals surface area contributed by atoms with Crippen LogP contribution in [0.4, 0.5) is 18.9 Å². The van der Waals surface area contributed by atoms with E-state index in [0.717, 1.165) is 5.56 Å². The SMILES string of the molecule is CC(N)Cc1ccc(N(CC(F)(F)F)C(C)C)cc1Cl. The molecule has 2 nitrogen and oxygen atoms in total. The van der Waals surface area contributed by atoms with Gasteiger partial charge in [-0.25, -0.2) is 0 Å². The molecule has 0 heterocycles. The molecule has 0 spiro atoms. The Morgan fingerprint density at radius 2 is 1.85 bits per heavy atom. The van der Waals surface area contributed by atoms with E-state index in [-0.39, 0.29) is 12.1 Å². The maximum absolute atomic E-state index is 12.6. The second-order valence-electron chi connectivity index (χ2n) is 5.29. The third kappa shape index (κ3) is 5.21. The van der Waals surface area contributed by atoms with Crippen molar-refractivity contribution in [3.05, 3.63) is 28.8 Å². The average Bonchev–Trinajstić information content (AvgIpc) is 2.27. The van der Waals surface area contributed by atoms with E-state index in [9.17, 15) is 13.2 Å². The van der Waals surface area contributed by atoms with E-state index in [1.54, 1.807) is 32.0 Å². The Balaban J connectivity index is 3.01. The van der Waals surface area contributed by atoms with Crippen LogP contribution in [0.1, 0.15) is 26.3 Å². The van der Waals surface area contributed by atoms with Crippen molar-refractivity contribution < 1.29 is 13.2 Å². The lowest BCUT2D eigenvalue weighted by molar-refractivity contribution is -0.120. The molecule has 2 N–H and O–H groups in total. The number of anilines is 1. The quantitative estimate of drug-likeness (QED) is 0.890. The van der Waals surface area contributed by atoms with Crippen molar-refractivity contribution in [1.82, 2.24) is 0 Å². The molecule has 0 amide bonds. The number of benzene rings is 1. The molecule has 0 bridgehead atoms. The van der Waals surface area contributed by atoms with Crippen molar-refractivity contribution >= 4 is 17.3 Å². The fourth-order valence-corrected chi connectivity index (χ4v) is 2.24. The minimum atomic E-state index is -4.25. The maximum Gasteiger partial charge on any atom is 0.405 e. The van der Waals surface area contributed by atoms with Gasteiger partial charge in [-0.15, -0.1) is 0 Å². The lowest BCUT2D eigenvalue weighted by atomic mass is 10.1. The number of hydrogen-bond donors (Lipinski definition) is 1. The normalized spacial score (nSPS) is 13.7. The van der Waals surface area contributed by atoms with Crippen LogP contribution >= 0.6 is 11.6 Å². The van der Waals surface area contributed by atoms with Crippen molar-refractivity contribution in [1.29, 1.82) is 0 Å². The highest BCUT2D eigenvalue weighted by Crippen LogP contribution is 2.28. The van der Waals surface area contributed by atoms with Gasteiger partial charge in [0.25, 0.3) is 0 Å². The van der Waals surface area contributed by atoms with Gasteiger partial charge in [-0.3, -0.25) is 0 Å². The molecule has 0 fully saturated rings. The zero-order chi connectivity index (χ0) is 15.5. The van der Waals surface area contributed by atoms with Crippen LogP contribution in [0.2, 0.25) is 5.02 Å². The van der Waals surface area contributed by atoms with Crippen LogP contribution in [0.15, 0.2) is 18.2 Å². The van der Waals surface area contributed by atoms with Crippen molar-refractivity contribution in [3.63, 3.8) is 0 Å². The fraction of sp³-hybridized carbons (Fsp3) is 0.571. The number of hydrogen-bond acceptors (Lipinski definition) is 2. The van der Waals surface area contributed by atoms with E-state index in [4.69, 9.17) is 17.3 Å². The Labute approximate surface area is 122 Å². The van der Waals surface area contributed by atoms with Gasteiger partial charge in [-0.05, 0) is 44.9 Å². The molecule has 0 aliphatic rings. The molecule has 1 unspecified atom stereocenters. The van der Waals surface area contributed by atoms with Gasteiger partial charge in [-0.1, -0.05) is 17.7 Å². The molecule has 0 saturated carbocycles. The van der Waals surface area contributed by atoms with Crippen molar-refractivity contribution in [2.24, 2.45) is 5.73 Å². The van der Waals surface area contributed by atoms with Crippen LogP contribution in [-0.4, -0.2) is 24.8 Å². The largest absolute Gasteiger partial charge is 0.405 e. The number of alkyl halides is 3. The molecule has 20 heavy (non-hydrogen) atoms. The van der Waals surface area contributed by atoms with Gasteiger partial charge < -0.3 is 10.6 Å². The summed E-state index contributed by atoms with van der Waals surface area (Å²) in [6.07, 6.45) is -3.65. The maximum atomic E-state index is 12.6. The van der Waals surface area contributed by atoms with Crippen LogP contribution in [0.3, 0.4) is 0 Å². The fourth-order valence-electron chi connectivity index (χ4n) is 1.99. The summed E-state index contributed by atoms with van der Waals surface area (Å²) in [7, 11) is 0. The van der Waals surface area contributed by atoms with Crippen LogP contribution in [0, 0.1) is 0 Å². The zero-order valence-corrected chi connectivity index (χ0v) is 12.6. The highest BCUT2D eigenvalue weighted by Gasteiger charge is 2.32. The van der Waals surface area contributed by atoms with E-state index in [1.165, 1.54) is 4.90 Å². The molecule has 0 saturated heterocycles. The lowest BCUT2D eigenvalue weighted by Crippen LogP contribution is -2.39.